The molecular weight excluding hydrogens is 230 g/mol. The monoisotopic (exact) mass is 237 g/mol. The third kappa shape index (κ3) is 2.61. The van der Waals surface area contributed by atoms with Crippen LogP contribution in [-0.2, 0) is 0 Å². The van der Waals surface area contributed by atoms with Gasteiger partial charge in [-0.15, -0.1) is 0 Å². The molecule has 0 saturated carbocycles. The first kappa shape index (κ1) is 10.3. The van der Waals surface area contributed by atoms with E-state index < -0.39 is 0 Å². The predicted octanol–water partition coefficient (Wildman–Crippen LogP) is 2.86. The van der Waals surface area contributed by atoms with Crippen molar-refractivity contribution in [2.75, 3.05) is 5.73 Å². The first-order valence-corrected chi connectivity index (χ1v) is 5.45. The molecule has 1 heterocycles. The van der Waals surface area contributed by atoms with E-state index in [1.165, 1.54) is 11.8 Å². The van der Waals surface area contributed by atoms with Crippen LogP contribution < -0.4 is 5.73 Å². The average molecular weight is 238 g/mol. The van der Waals surface area contributed by atoms with Crippen LogP contribution in [0.4, 0.5) is 5.69 Å². The maximum Gasteiger partial charge on any atom is 0.192 e. The van der Waals surface area contributed by atoms with Crippen molar-refractivity contribution in [2.45, 2.75) is 10.1 Å². The molecule has 0 aliphatic rings. The van der Waals surface area contributed by atoms with Gasteiger partial charge in [0.15, 0.2) is 5.16 Å². The molecule has 0 aliphatic carbocycles. The van der Waals surface area contributed by atoms with E-state index in [4.69, 9.17) is 17.3 Å². The van der Waals surface area contributed by atoms with Crippen LogP contribution in [0.25, 0.3) is 0 Å². The number of nitrogens with zero attached hydrogens (tertiary/aromatic N) is 2. The van der Waals surface area contributed by atoms with Gasteiger partial charge in [0, 0.05) is 4.90 Å². The van der Waals surface area contributed by atoms with Crippen LogP contribution in [0.1, 0.15) is 0 Å². The Morgan fingerprint density at radius 3 is 2.47 bits per heavy atom. The van der Waals surface area contributed by atoms with Gasteiger partial charge in [-0.1, -0.05) is 23.7 Å². The van der Waals surface area contributed by atoms with E-state index in [1.54, 1.807) is 12.4 Å². The minimum absolute atomic E-state index is 0.554. The number of anilines is 1. The zero-order valence-electron chi connectivity index (χ0n) is 7.72. The molecule has 15 heavy (non-hydrogen) atoms. The summed E-state index contributed by atoms with van der Waals surface area (Å²) in [5, 5.41) is 1.33. The third-order valence-electron chi connectivity index (χ3n) is 1.69. The first-order valence-electron chi connectivity index (χ1n) is 4.25. The average Bonchev–Trinajstić information content (AvgIpc) is 2.25. The van der Waals surface area contributed by atoms with Crippen molar-refractivity contribution in [3.63, 3.8) is 0 Å². The lowest BCUT2D eigenvalue weighted by atomic mass is 10.4. The van der Waals surface area contributed by atoms with E-state index in [9.17, 15) is 0 Å². The highest BCUT2D eigenvalue weighted by atomic mass is 35.5. The molecular formula is C10H8ClN3S. The Bertz CT molecular complexity index is 458. The molecule has 1 aromatic carbocycles. The van der Waals surface area contributed by atoms with Gasteiger partial charge in [0.25, 0.3) is 0 Å². The standard InChI is InChI=1S/C10H8ClN3S/c11-8-3-1-2-4-9(8)15-10-13-5-7(12)6-14-10/h1-6H,12H2. The van der Waals surface area contributed by atoms with E-state index in [0.29, 0.717) is 15.9 Å². The van der Waals surface area contributed by atoms with Gasteiger partial charge in [-0.25, -0.2) is 9.97 Å². The second kappa shape index (κ2) is 4.51. The predicted molar refractivity (Wildman–Crippen MR) is 62.0 cm³/mol. The fourth-order valence-corrected chi connectivity index (χ4v) is 1.98. The lowest BCUT2D eigenvalue weighted by molar-refractivity contribution is 0.971. The van der Waals surface area contributed by atoms with Crippen LogP contribution in [-0.4, -0.2) is 9.97 Å². The van der Waals surface area contributed by atoms with Gasteiger partial charge in [-0.2, -0.15) is 0 Å². The summed E-state index contributed by atoms with van der Waals surface area (Å²) in [6, 6.07) is 7.57. The zero-order valence-corrected chi connectivity index (χ0v) is 9.29. The van der Waals surface area contributed by atoms with Crippen LogP contribution in [0.3, 0.4) is 0 Å². The number of hydrogen-bond donors (Lipinski definition) is 1. The minimum Gasteiger partial charge on any atom is -0.396 e. The van der Waals surface area contributed by atoms with Crippen molar-refractivity contribution < 1.29 is 0 Å². The Morgan fingerprint density at radius 1 is 1.13 bits per heavy atom. The Morgan fingerprint density at radius 2 is 1.80 bits per heavy atom. The van der Waals surface area contributed by atoms with Crippen LogP contribution in [0, 0.1) is 0 Å². The van der Waals surface area contributed by atoms with Crippen molar-refractivity contribution >= 4 is 29.1 Å². The van der Waals surface area contributed by atoms with E-state index in [0.717, 1.165) is 4.90 Å². The highest BCUT2D eigenvalue weighted by Crippen LogP contribution is 2.30. The summed E-state index contributed by atoms with van der Waals surface area (Å²) in [6.45, 7) is 0. The fourth-order valence-electron chi connectivity index (χ4n) is 1.00. The Kier molecular flexibility index (Phi) is 3.08. The minimum atomic E-state index is 0.554. The fraction of sp³-hybridized carbons (Fsp3) is 0. The molecule has 0 atom stereocenters. The number of nitrogen functional groups attached to an aromatic ring is 1. The van der Waals surface area contributed by atoms with E-state index in [-0.39, 0.29) is 0 Å². The summed E-state index contributed by atoms with van der Waals surface area (Å²) in [4.78, 5) is 9.10. The maximum absolute atomic E-state index is 6.00. The lowest BCUT2D eigenvalue weighted by Crippen LogP contribution is -1.90. The van der Waals surface area contributed by atoms with E-state index >= 15 is 0 Å². The van der Waals surface area contributed by atoms with Gasteiger partial charge < -0.3 is 5.73 Å². The highest BCUT2D eigenvalue weighted by Gasteiger charge is 2.03. The zero-order chi connectivity index (χ0) is 10.7. The van der Waals surface area contributed by atoms with Crippen molar-refractivity contribution in [1.82, 2.24) is 9.97 Å². The maximum atomic E-state index is 6.00. The Labute approximate surface area is 96.7 Å². The van der Waals surface area contributed by atoms with Gasteiger partial charge in [-0.3, -0.25) is 0 Å². The molecule has 0 unspecified atom stereocenters. The summed E-state index contributed by atoms with van der Waals surface area (Å²) < 4.78 is 0. The number of rotatable bonds is 2. The molecule has 2 N–H and O–H groups in total. The van der Waals surface area contributed by atoms with Crippen molar-refractivity contribution in [3.05, 3.63) is 41.7 Å². The molecule has 2 aromatic rings. The topological polar surface area (TPSA) is 51.8 Å². The summed E-state index contributed by atoms with van der Waals surface area (Å²) >= 11 is 7.42. The summed E-state index contributed by atoms with van der Waals surface area (Å²) in [7, 11) is 0. The molecule has 0 spiro atoms. The number of aromatic nitrogens is 2. The smallest absolute Gasteiger partial charge is 0.192 e. The van der Waals surface area contributed by atoms with Gasteiger partial charge in [-0.05, 0) is 23.9 Å². The van der Waals surface area contributed by atoms with Crippen molar-refractivity contribution in [2.24, 2.45) is 0 Å². The largest absolute Gasteiger partial charge is 0.396 e. The molecule has 0 saturated heterocycles. The van der Waals surface area contributed by atoms with Crippen molar-refractivity contribution in [1.29, 1.82) is 0 Å². The molecule has 5 heteroatoms. The van der Waals surface area contributed by atoms with Crippen LogP contribution in [0.5, 0.6) is 0 Å². The number of halogens is 1. The highest BCUT2D eigenvalue weighted by molar-refractivity contribution is 7.99. The van der Waals surface area contributed by atoms with Gasteiger partial charge in [0.05, 0.1) is 23.1 Å². The number of benzene rings is 1. The quantitative estimate of drug-likeness (QED) is 0.816. The molecule has 0 bridgehead atoms. The molecule has 76 valence electrons. The molecule has 2 rings (SSSR count). The summed E-state index contributed by atoms with van der Waals surface area (Å²) in [5.74, 6) is 0. The van der Waals surface area contributed by atoms with Crippen LogP contribution in [0.2, 0.25) is 5.02 Å². The molecule has 3 nitrogen and oxygen atoms in total. The van der Waals surface area contributed by atoms with Crippen LogP contribution >= 0.6 is 23.4 Å². The molecule has 1 aromatic heterocycles. The lowest BCUT2D eigenvalue weighted by Gasteiger charge is -2.01. The second-order valence-electron chi connectivity index (χ2n) is 2.83. The molecule has 0 fully saturated rings. The molecule has 0 amide bonds. The van der Waals surface area contributed by atoms with Crippen LogP contribution in [0.15, 0.2) is 46.7 Å². The summed E-state index contributed by atoms with van der Waals surface area (Å²) in [5.41, 5.74) is 6.04. The van der Waals surface area contributed by atoms with E-state index in [1.807, 2.05) is 24.3 Å². The summed E-state index contributed by atoms with van der Waals surface area (Å²) in [6.07, 6.45) is 3.15. The Hall–Kier alpha value is -1.26. The van der Waals surface area contributed by atoms with Gasteiger partial charge in [0.1, 0.15) is 0 Å². The Balaban J connectivity index is 2.22. The number of nitrogens with two attached hydrogens (primary N) is 1. The molecule has 0 aliphatic heterocycles. The first-order chi connectivity index (χ1) is 7.25. The normalized spacial score (nSPS) is 10.2. The number of hydrogen-bond acceptors (Lipinski definition) is 4. The second-order valence-corrected chi connectivity index (χ2v) is 4.25. The van der Waals surface area contributed by atoms with E-state index in [2.05, 4.69) is 9.97 Å². The van der Waals surface area contributed by atoms with Gasteiger partial charge >= 0.3 is 0 Å². The third-order valence-corrected chi connectivity index (χ3v) is 3.10. The SMILES string of the molecule is Nc1cnc(Sc2ccccc2Cl)nc1. The van der Waals surface area contributed by atoms with Gasteiger partial charge in [0.2, 0.25) is 0 Å². The van der Waals surface area contributed by atoms with Crippen molar-refractivity contribution in [3.8, 4) is 0 Å². The molecule has 0 radical (unpaired) electrons.